The minimum absolute atomic E-state index is 0. The molecular formula is C20H25FN2O. The minimum Gasteiger partial charge on any atom is -0.329 e. The molecule has 4 rings (SSSR count). The van der Waals surface area contributed by atoms with Crippen LogP contribution in [-0.4, -0.2) is 11.4 Å². The van der Waals surface area contributed by atoms with Crippen molar-refractivity contribution in [2.45, 2.75) is 39.0 Å². The molecule has 4 heteroatoms. The number of hydrogen-bond acceptors (Lipinski definition) is 2. The van der Waals surface area contributed by atoms with Crippen molar-refractivity contribution in [2.75, 3.05) is 5.32 Å². The number of aromatic nitrogens is 1. The van der Waals surface area contributed by atoms with Crippen molar-refractivity contribution in [1.29, 1.82) is 0 Å². The van der Waals surface area contributed by atoms with E-state index in [4.69, 9.17) is 0 Å². The molecule has 0 unspecified atom stereocenters. The lowest BCUT2D eigenvalue weighted by Crippen LogP contribution is -2.12. The number of nitrogens with zero attached hydrogens (tertiary/aromatic N) is 1. The first kappa shape index (κ1) is 16.6. The first-order valence-electron chi connectivity index (χ1n) is 8.59. The van der Waals surface area contributed by atoms with Gasteiger partial charge in [0.15, 0.2) is 0 Å². The fourth-order valence-corrected chi connectivity index (χ4v) is 3.13. The van der Waals surface area contributed by atoms with Gasteiger partial charge < -0.3 is 5.32 Å². The van der Waals surface area contributed by atoms with Gasteiger partial charge in [0.25, 0.3) is 0 Å². The molecule has 0 saturated heterocycles. The Labute approximate surface area is 143 Å². The quantitative estimate of drug-likeness (QED) is 0.783. The fraction of sp³-hybridized carbons (Fsp3) is 0.400. The number of rotatable bonds is 4. The number of hydrogen-bond donors (Lipinski definition) is 1. The Morgan fingerprint density at radius 2 is 1.92 bits per heavy atom. The molecule has 2 aromatic rings. The number of aryl methyl sites for hydroxylation is 1. The normalized spacial score (nSPS) is 16.6. The van der Waals surface area contributed by atoms with Crippen LogP contribution in [0.1, 0.15) is 39.1 Å². The highest BCUT2D eigenvalue weighted by molar-refractivity contribution is 5.77. The lowest BCUT2D eigenvalue weighted by Gasteiger charge is -2.24. The highest BCUT2D eigenvalue weighted by atomic mass is 19.1. The van der Waals surface area contributed by atoms with E-state index in [0.717, 1.165) is 17.3 Å². The molecule has 2 aliphatic rings. The van der Waals surface area contributed by atoms with E-state index in [1.54, 1.807) is 44.0 Å². The monoisotopic (exact) mass is 328 g/mol. The van der Waals surface area contributed by atoms with Gasteiger partial charge in [-0.2, -0.15) is 0 Å². The molecular weight excluding hydrogens is 303 g/mol. The predicted octanol–water partition coefficient (Wildman–Crippen LogP) is 5.21. The molecule has 2 fully saturated rings. The number of carbonyl (C=O) groups is 1. The molecule has 24 heavy (non-hydrogen) atoms. The van der Waals surface area contributed by atoms with Crippen LogP contribution in [0.25, 0.3) is 11.1 Å². The third-order valence-electron chi connectivity index (χ3n) is 4.92. The molecule has 0 atom stereocenters. The second-order valence-corrected chi connectivity index (χ2v) is 6.71. The van der Waals surface area contributed by atoms with E-state index in [9.17, 15) is 9.18 Å². The molecule has 0 radical (unpaired) electrons. The summed E-state index contributed by atoms with van der Waals surface area (Å²) in [4.78, 5) is 14.2. The lowest BCUT2D eigenvalue weighted by atomic mass is 9.82. The van der Waals surface area contributed by atoms with Crippen molar-refractivity contribution in [1.82, 2.24) is 4.98 Å². The molecule has 1 amide bonds. The summed E-state index contributed by atoms with van der Waals surface area (Å²) in [5.41, 5.74) is 3.21. The van der Waals surface area contributed by atoms with Crippen molar-refractivity contribution in [3.05, 3.63) is 48.0 Å². The zero-order chi connectivity index (χ0) is 16.9. The predicted molar refractivity (Wildman–Crippen MR) is 96.2 cm³/mol. The molecule has 3 nitrogen and oxygen atoms in total. The molecule has 128 valence electrons. The number of benzene rings is 1. The van der Waals surface area contributed by atoms with Crippen LogP contribution in [0.5, 0.6) is 0 Å². The molecule has 1 aromatic heterocycles. The van der Waals surface area contributed by atoms with Gasteiger partial charge in [0.2, 0.25) is 6.41 Å². The Morgan fingerprint density at radius 1 is 1.17 bits per heavy atom. The van der Waals surface area contributed by atoms with Crippen molar-refractivity contribution in [2.24, 2.45) is 11.8 Å². The second-order valence-electron chi connectivity index (χ2n) is 6.71. The Hall–Kier alpha value is -2.23. The second kappa shape index (κ2) is 7.56. The van der Waals surface area contributed by atoms with Crippen molar-refractivity contribution in [3.63, 3.8) is 0 Å². The third kappa shape index (κ3) is 4.19. The van der Waals surface area contributed by atoms with E-state index in [2.05, 4.69) is 10.3 Å². The van der Waals surface area contributed by atoms with Crippen molar-refractivity contribution in [3.8, 4) is 11.1 Å². The summed E-state index contributed by atoms with van der Waals surface area (Å²) in [5, 5.41) is 2.56. The molecule has 2 saturated carbocycles. The van der Waals surface area contributed by atoms with Crippen LogP contribution in [0.15, 0.2) is 36.7 Å². The van der Waals surface area contributed by atoms with Crippen LogP contribution in [0.3, 0.4) is 0 Å². The molecule has 2 aliphatic carbocycles. The summed E-state index contributed by atoms with van der Waals surface area (Å²) in [6.07, 6.45) is 11.1. The van der Waals surface area contributed by atoms with Crippen LogP contribution in [0, 0.1) is 24.6 Å². The molecule has 1 aromatic carbocycles. The minimum atomic E-state index is -0.379. The Balaban J connectivity index is 0.000000234. The molecule has 0 bridgehead atoms. The number of anilines is 1. The number of nitrogens with one attached hydrogen (secondary N) is 1. The summed E-state index contributed by atoms with van der Waals surface area (Å²) in [7, 11) is 0. The fourth-order valence-electron chi connectivity index (χ4n) is 3.13. The number of halogens is 1. The SMILES string of the molecule is C1CC(C2CC2)C1.Cc1ccc(NC=O)cc1-c1cncc(F)c1.[HH]. The maximum absolute atomic E-state index is 13.1. The van der Waals surface area contributed by atoms with Gasteiger partial charge in [-0.05, 0) is 60.9 Å². The summed E-state index contributed by atoms with van der Waals surface area (Å²) < 4.78 is 13.1. The largest absolute Gasteiger partial charge is 0.329 e. The number of pyridine rings is 1. The van der Waals surface area contributed by atoms with E-state index < -0.39 is 0 Å². The zero-order valence-corrected chi connectivity index (χ0v) is 14.0. The van der Waals surface area contributed by atoms with Gasteiger partial charge in [-0.15, -0.1) is 0 Å². The number of amides is 1. The van der Waals surface area contributed by atoms with Crippen LogP contribution in [-0.2, 0) is 4.79 Å². The highest BCUT2D eigenvalue weighted by Crippen LogP contribution is 2.46. The van der Waals surface area contributed by atoms with E-state index in [1.807, 2.05) is 13.0 Å². The van der Waals surface area contributed by atoms with Crippen molar-refractivity contribution >= 4 is 12.1 Å². The summed E-state index contributed by atoms with van der Waals surface area (Å²) in [6, 6.07) is 6.87. The zero-order valence-electron chi connectivity index (χ0n) is 14.0. The standard InChI is InChI=1S/C13H11FN2O.C7H12.H2/c1-9-2-3-12(16-8-17)5-13(9)10-4-11(14)7-15-6-10;1-2-6(3-1)7-4-5-7;/h2-8H,1H3,(H,16,17);6-7H,1-5H2;1H. The highest BCUT2D eigenvalue weighted by Gasteiger charge is 2.34. The van der Waals surface area contributed by atoms with E-state index in [-0.39, 0.29) is 7.24 Å². The van der Waals surface area contributed by atoms with Crippen LogP contribution >= 0.6 is 0 Å². The Morgan fingerprint density at radius 3 is 2.46 bits per heavy atom. The molecule has 1 heterocycles. The number of carbonyl (C=O) groups excluding carboxylic acids is 1. The van der Waals surface area contributed by atoms with Crippen LogP contribution in [0.4, 0.5) is 10.1 Å². The summed E-state index contributed by atoms with van der Waals surface area (Å²) in [5.74, 6) is 2.02. The van der Waals surface area contributed by atoms with Crippen molar-refractivity contribution < 1.29 is 10.6 Å². The molecule has 0 aliphatic heterocycles. The van der Waals surface area contributed by atoms with Gasteiger partial charge in [-0.1, -0.05) is 25.3 Å². The van der Waals surface area contributed by atoms with E-state index >= 15 is 0 Å². The smallest absolute Gasteiger partial charge is 0.211 e. The summed E-state index contributed by atoms with van der Waals surface area (Å²) >= 11 is 0. The van der Waals surface area contributed by atoms with Gasteiger partial charge >= 0.3 is 0 Å². The van der Waals surface area contributed by atoms with Gasteiger partial charge in [0.1, 0.15) is 5.82 Å². The van der Waals surface area contributed by atoms with Gasteiger partial charge in [0, 0.05) is 18.9 Å². The van der Waals surface area contributed by atoms with E-state index in [0.29, 0.717) is 17.7 Å². The Bertz CT molecular complexity index is 715. The first-order valence-corrected chi connectivity index (χ1v) is 8.59. The summed E-state index contributed by atoms with van der Waals surface area (Å²) in [6.45, 7) is 1.92. The maximum Gasteiger partial charge on any atom is 0.211 e. The van der Waals surface area contributed by atoms with Crippen LogP contribution < -0.4 is 5.32 Å². The van der Waals surface area contributed by atoms with E-state index in [1.165, 1.54) is 24.3 Å². The first-order chi connectivity index (χ1) is 11.7. The average Bonchev–Trinajstić information content (AvgIpc) is 3.33. The van der Waals surface area contributed by atoms with Gasteiger partial charge in [-0.25, -0.2) is 4.39 Å². The Kier molecular flexibility index (Phi) is 5.24. The third-order valence-corrected chi connectivity index (χ3v) is 4.92. The van der Waals surface area contributed by atoms with Gasteiger partial charge in [-0.3, -0.25) is 9.78 Å². The topological polar surface area (TPSA) is 42.0 Å². The average molecular weight is 328 g/mol. The van der Waals surface area contributed by atoms with Crippen LogP contribution in [0.2, 0.25) is 0 Å². The maximum atomic E-state index is 13.1. The van der Waals surface area contributed by atoms with Gasteiger partial charge in [0.05, 0.1) is 6.20 Å². The molecule has 1 N–H and O–H groups in total. The lowest BCUT2D eigenvalue weighted by molar-refractivity contribution is -0.105. The molecule has 0 spiro atoms.